The molecule has 1 saturated carbocycles. The molecule has 3 rings (SSSR count). The van der Waals surface area contributed by atoms with Crippen molar-refractivity contribution in [3.8, 4) is 11.4 Å². The maximum absolute atomic E-state index is 11.6. The molecule has 0 unspecified atom stereocenters. The molecule has 5 nitrogen and oxygen atoms in total. The zero-order valence-corrected chi connectivity index (χ0v) is 12.9. The molecule has 20 heavy (non-hydrogen) atoms. The average Bonchev–Trinajstić information content (AvgIpc) is 3.10. The van der Waals surface area contributed by atoms with Crippen LogP contribution in [0.25, 0.3) is 11.4 Å². The lowest BCUT2D eigenvalue weighted by Crippen LogP contribution is -2.06. The molecule has 0 radical (unpaired) electrons. The Morgan fingerprint density at radius 2 is 2.00 bits per heavy atom. The van der Waals surface area contributed by atoms with Gasteiger partial charge in [0.1, 0.15) is 0 Å². The zero-order chi connectivity index (χ0) is 14.5. The van der Waals surface area contributed by atoms with E-state index in [1.807, 2.05) is 13.0 Å². The summed E-state index contributed by atoms with van der Waals surface area (Å²) in [6, 6.07) is 5.50. The maximum Gasteiger partial charge on any atom is 0.296 e. The highest BCUT2D eigenvalue weighted by molar-refractivity contribution is 8.13. The molecule has 1 heterocycles. The van der Waals surface area contributed by atoms with Crippen LogP contribution < -0.4 is 0 Å². The standard InChI is InChI=1S/C12H11Cl2N3O2S/c1-7-9(3-2-4-10(7)13)11-15-16-12(20(14,18)19)17(11)8-5-6-8/h2-4,8H,5-6H2,1H3. The van der Waals surface area contributed by atoms with E-state index in [1.54, 1.807) is 16.7 Å². The van der Waals surface area contributed by atoms with Crippen molar-refractivity contribution < 1.29 is 8.42 Å². The normalized spacial score (nSPS) is 15.6. The summed E-state index contributed by atoms with van der Waals surface area (Å²) in [5.41, 5.74) is 1.60. The van der Waals surface area contributed by atoms with Gasteiger partial charge in [-0.15, -0.1) is 10.2 Å². The molecule has 0 amide bonds. The van der Waals surface area contributed by atoms with Crippen molar-refractivity contribution in [2.75, 3.05) is 0 Å². The fourth-order valence-electron chi connectivity index (χ4n) is 2.14. The van der Waals surface area contributed by atoms with E-state index in [9.17, 15) is 8.42 Å². The highest BCUT2D eigenvalue weighted by Crippen LogP contribution is 2.41. The molecule has 2 aromatic rings. The van der Waals surface area contributed by atoms with Gasteiger partial charge in [0.25, 0.3) is 14.2 Å². The Bertz CT molecular complexity index is 782. The summed E-state index contributed by atoms with van der Waals surface area (Å²) >= 11 is 6.11. The second kappa shape index (κ2) is 4.72. The fourth-order valence-corrected chi connectivity index (χ4v) is 3.24. The molecule has 106 valence electrons. The van der Waals surface area contributed by atoms with Crippen LogP contribution in [0.4, 0.5) is 0 Å². The van der Waals surface area contributed by atoms with E-state index in [0.717, 1.165) is 24.0 Å². The summed E-state index contributed by atoms with van der Waals surface area (Å²) in [4.78, 5) is 0. The van der Waals surface area contributed by atoms with E-state index in [0.29, 0.717) is 10.8 Å². The first-order valence-corrected chi connectivity index (χ1v) is 8.73. The van der Waals surface area contributed by atoms with Crippen LogP contribution >= 0.6 is 22.3 Å². The van der Waals surface area contributed by atoms with Crippen molar-refractivity contribution in [3.63, 3.8) is 0 Å². The van der Waals surface area contributed by atoms with Crippen molar-refractivity contribution in [2.45, 2.75) is 31.0 Å². The summed E-state index contributed by atoms with van der Waals surface area (Å²) in [6.07, 6.45) is 1.79. The predicted molar refractivity (Wildman–Crippen MR) is 76.5 cm³/mol. The van der Waals surface area contributed by atoms with Gasteiger partial charge in [0, 0.05) is 27.3 Å². The van der Waals surface area contributed by atoms with Gasteiger partial charge >= 0.3 is 0 Å². The lowest BCUT2D eigenvalue weighted by Gasteiger charge is -2.10. The summed E-state index contributed by atoms with van der Waals surface area (Å²) in [7, 11) is 1.51. The molecule has 0 saturated heterocycles. The van der Waals surface area contributed by atoms with Crippen LogP contribution in [0.1, 0.15) is 24.4 Å². The van der Waals surface area contributed by atoms with Gasteiger partial charge in [-0.25, -0.2) is 8.42 Å². The van der Waals surface area contributed by atoms with Crippen LogP contribution in [0.2, 0.25) is 5.02 Å². The first kappa shape index (κ1) is 13.9. The van der Waals surface area contributed by atoms with E-state index < -0.39 is 9.05 Å². The molecule has 1 aromatic heterocycles. The number of hydrogen-bond acceptors (Lipinski definition) is 4. The third-order valence-electron chi connectivity index (χ3n) is 3.30. The summed E-state index contributed by atoms with van der Waals surface area (Å²) < 4.78 is 24.8. The van der Waals surface area contributed by atoms with Gasteiger partial charge in [-0.05, 0) is 31.4 Å². The highest BCUT2D eigenvalue weighted by atomic mass is 35.7. The Hall–Kier alpha value is -1.11. The van der Waals surface area contributed by atoms with Crippen LogP contribution in [0.3, 0.4) is 0 Å². The Kier molecular flexibility index (Phi) is 3.27. The molecule has 1 aromatic carbocycles. The first-order chi connectivity index (χ1) is 9.39. The molecule has 1 fully saturated rings. The third kappa shape index (κ3) is 2.32. The molecule has 0 bridgehead atoms. The highest BCUT2D eigenvalue weighted by Gasteiger charge is 2.34. The Morgan fingerprint density at radius 3 is 2.60 bits per heavy atom. The van der Waals surface area contributed by atoms with Crippen LogP contribution in [0.15, 0.2) is 23.4 Å². The van der Waals surface area contributed by atoms with Gasteiger partial charge < -0.3 is 0 Å². The van der Waals surface area contributed by atoms with Crippen LogP contribution in [-0.4, -0.2) is 23.2 Å². The summed E-state index contributed by atoms with van der Waals surface area (Å²) in [5, 5.41) is 8.15. The van der Waals surface area contributed by atoms with E-state index in [4.69, 9.17) is 22.3 Å². The van der Waals surface area contributed by atoms with Crippen molar-refractivity contribution in [1.82, 2.24) is 14.8 Å². The van der Waals surface area contributed by atoms with Crippen LogP contribution in [0, 0.1) is 6.92 Å². The number of rotatable bonds is 3. The SMILES string of the molecule is Cc1c(Cl)cccc1-c1nnc(S(=O)(=O)Cl)n1C1CC1. The number of hydrogen-bond donors (Lipinski definition) is 0. The minimum absolute atomic E-state index is 0.0851. The molecule has 0 aliphatic heterocycles. The van der Waals surface area contributed by atoms with E-state index in [-0.39, 0.29) is 11.2 Å². The Morgan fingerprint density at radius 1 is 1.30 bits per heavy atom. The van der Waals surface area contributed by atoms with E-state index >= 15 is 0 Å². The summed E-state index contributed by atoms with van der Waals surface area (Å²) in [6.45, 7) is 1.86. The van der Waals surface area contributed by atoms with Gasteiger partial charge in [0.15, 0.2) is 5.82 Å². The quantitative estimate of drug-likeness (QED) is 0.810. The lowest BCUT2D eigenvalue weighted by atomic mass is 10.1. The Labute approximate surface area is 126 Å². The van der Waals surface area contributed by atoms with Crippen molar-refractivity contribution in [3.05, 3.63) is 28.8 Å². The van der Waals surface area contributed by atoms with Gasteiger partial charge in [-0.3, -0.25) is 4.57 Å². The Balaban J connectivity index is 2.25. The molecule has 0 N–H and O–H groups in total. The molecule has 0 spiro atoms. The lowest BCUT2D eigenvalue weighted by molar-refractivity contribution is 0.579. The third-order valence-corrected chi connectivity index (χ3v) is 4.84. The van der Waals surface area contributed by atoms with Gasteiger partial charge in [0.05, 0.1) is 0 Å². The first-order valence-electron chi connectivity index (χ1n) is 6.04. The van der Waals surface area contributed by atoms with E-state index in [2.05, 4.69) is 10.2 Å². The number of aromatic nitrogens is 3. The van der Waals surface area contributed by atoms with Crippen molar-refractivity contribution in [1.29, 1.82) is 0 Å². The monoisotopic (exact) mass is 331 g/mol. The van der Waals surface area contributed by atoms with Crippen LogP contribution in [0.5, 0.6) is 0 Å². The molecule has 8 heteroatoms. The van der Waals surface area contributed by atoms with Gasteiger partial charge in [-0.2, -0.15) is 0 Å². The predicted octanol–water partition coefficient (Wildman–Crippen LogP) is 3.17. The minimum Gasteiger partial charge on any atom is -0.294 e. The van der Waals surface area contributed by atoms with Crippen molar-refractivity contribution in [2.24, 2.45) is 0 Å². The number of nitrogens with zero attached hydrogens (tertiary/aromatic N) is 3. The molecule has 1 aliphatic carbocycles. The minimum atomic E-state index is -3.92. The molecule has 1 aliphatic rings. The average molecular weight is 332 g/mol. The fraction of sp³-hybridized carbons (Fsp3) is 0.333. The van der Waals surface area contributed by atoms with Gasteiger partial charge in [0.2, 0.25) is 0 Å². The smallest absolute Gasteiger partial charge is 0.294 e. The van der Waals surface area contributed by atoms with Gasteiger partial charge in [-0.1, -0.05) is 23.7 Å². The van der Waals surface area contributed by atoms with Crippen molar-refractivity contribution >= 4 is 31.3 Å². The van der Waals surface area contributed by atoms with Crippen LogP contribution in [-0.2, 0) is 9.05 Å². The topological polar surface area (TPSA) is 64.8 Å². The maximum atomic E-state index is 11.6. The molecule has 0 atom stereocenters. The second-order valence-corrected chi connectivity index (χ2v) is 7.62. The number of halogens is 2. The molecular formula is C12H11Cl2N3O2S. The van der Waals surface area contributed by atoms with E-state index in [1.165, 1.54) is 0 Å². The molecular weight excluding hydrogens is 321 g/mol. The number of benzene rings is 1. The zero-order valence-electron chi connectivity index (χ0n) is 10.5. The largest absolute Gasteiger partial charge is 0.296 e. The summed E-state index contributed by atoms with van der Waals surface area (Å²) in [5.74, 6) is 0.492. The second-order valence-electron chi connectivity index (χ2n) is 4.76.